The number of hydrogen-bond donors (Lipinski definition) is 1. The summed E-state index contributed by atoms with van der Waals surface area (Å²) in [5.74, 6) is 1.27. The first-order valence-electron chi connectivity index (χ1n) is 8.94. The van der Waals surface area contributed by atoms with Crippen LogP contribution in [0.5, 0.6) is 0 Å². The van der Waals surface area contributed by atoms with Gasteiger partial charge in [0.25, 0.3) is 11.6 Å². The van der Waals surface area contributed by atoms with Crippen molar-refractivity contribution in [3.05, 3.63) is 65.7 Å². The number of hydrogen-bond acceptors (Lipinski definition) is 2. The summed E-state index contributed by atoms with van der Waals surface area (Å²) >= 11 is 0. The number of rotatable bonds is 2. The van der Waals surface area contributed by atoms with E-state index in [1.807, 2.05) is 30.3 Å². The maximum absolute atomic E-state index is 11.7. The molecule has 0 saturated carbocycles. The average Bonchev–Trinajstić information content (AvgIpc) is 2.74. The number of aryl methyl sites for hydroxylation is 1. The van der Waals surface area contributed by atoms with Crippen LogP contribution in [0.4, 0.5) is 5.69 Å². The van der Waals surface area contributed by atoms with Crippen LogP contribution in [0.3, 0.4) is 0 Å². The first-order valence-corrected chi connectivity index (χ1v) is 8.94. The van der Waals surface area contributed by atoms with Gasteiger partial charge in [-0.15, -0.1) is 0 Å². The fourth-order valence-corrected chi connectivity index (χ4v) is 4.01. The number of halogens is 1. The molecule has 25 heavy (non-hydrogen) atoms. The minimum absolute atomic E-state index is 0. The summed E-state index contributed by atoms with van der Waals surface area (Å²) in [5.41, 5.74) is 2.28. The molecule has 0 amide bonds. The molecule has 1 N–H and O–H groups in total. The van der Waals surface area contributed by atoms with Crippen molar-refractivity contribution in [1.82, 2.24) is 0 Å². The fraction of sp³-hybridized carbons (Fsp3) is 0.381. The van der Waals surface area contributed by atoms with Gasteiger partial charge in [0.2, 0.25) is 0 Å². The summed E-state index contributed by atoms with van der Waals surface area (Å²) in [4.78, 5) is 2.17. The van der Waals surface area contributed by atoms with E-state index in [0.29, 0.717) is 6.54 Å². The van der Waals surface area contributed by atoms with Crippen molar-refractivity contribution in [1.29, 1.82) is 0 Å². The van der Waals surface area contributed by atoms with Gasteiger partial charge >= 0.3 is 0 Å². The van der Waals surface area contributed by atoms with E-state index in [1.54, 1.807) is 0 Å². The van der Waals surface area contributed by atoms with Gasteiger partial charge in [0.1, 0.15) is 5.69 Å². The molecule has 0 radical (unpaired) electrons. The Labute approximate surface area is 160 Å². The Balaban J connectivity index is 0.00000182. The highest BCUT2D eigenvalue weighted by atomic mass is 79.9. The van der Waals surface area contributed by atoms with E-state index in [1.165, 1.54) is 30.7 Å². The monoisotopic (exact) mass is 400 g/mol. The van der Waals surface area contributed by atoms with Gasteiger partial charge in [-0.25, -0.2) is 0 Å². The summed E-state index contributed by atoms with van der Waals surface area (Å²) in [7, 11) is 0. The first kappa shape index (κ1) is 18.2. The first-order chi connectivity index (χ1) is 11.7. The van der Waals surface area contributed by atoms with Crippen LogP contribution in [0.25, 0.3) is 0 Å². The zero-order valence-corrected chi connectivity index (χ0v) is 16.2. The lowest BCUT2D eigenvalue weighted by atomic mass is 10.00. The molecular weight excluding hydrogens is 376 g/mol. The Hall–Kier alpha value is -1.65. The fourth-order valence-electron chi connectivity index (χ4n) is 4.01. The molecule has 4 heteroatoms. The van der Waals surface area contributed by atoms with Gasteiger partial charge in [0, 0.05) is 12.0 Å². The molecule has 4 rings (SSSR count). The van der Waals surface area contributed by atoms with Crippen LogP contribution >= 0.6 is 0 Å². The summed E-state index contributed by atoms with van der Waals surface area (Å²) in [5, 5.41) is 11.7. The molecule has 2 aliphatic rings. The summed E-state index contributed by atoms with van der Waals surface area (Å²) in [6, 6.07) is 18.6. The zero-order valence-electron chi connectivity index (χ0n) is 14.7. The second-order valence-corrected chi connectivity index (χ2v) is 7.00. The third-order valence-corrected chi connectivity index (χ3v) is 5.26. The second kappa shape index (κ2) is 7.30. The molecular formula is C21H25BrN2O. The third-order valence-electron chi connectivity index (χ3n) is 5.26. The van der Waals surface area contributed by atoms with Gasteiger partial charge in [-0.3, -0.25) is 4.58 Å². The van der Waals surface area contributed by atoms with E-state index in [4.69, 9.17) is 0 Å². The lowest BCUT2D eigenvalue weighted by Crippen LogP contribution is -3.00. The minimum Gasteiger partial charge on any atom is -1.00 e. The van der Waals surface area contributed by atoms with E-state index >= 15 is 0 Å². The van der Waals surface area contributed by atoms with Crippen molar-refractivity contribution in [3.63, 3.8) is 0 Å². The van der Waals surface area contributed by atoms with Crippen molar-refractivity contribution in [3.8, 4) is 0 Å². The highest BCUT2D eigenvalue weighted by Gasteiger charge is 2.53. The maximum Gasteiger partial charge on any atom is 0.275 e. The Bertz CT molecular complexity index is 757. The van der Waals surface area contributed by atoms with E-state index in [2.05, 4.69) is 40.7 Å². The number of nitrogens with zero attached hydrogens (tertiary/aromatic N) is 2. The van der Waals surface area contributed by atoms with Gasteiger partial charge in [-0.2, -0.15) is 4.90 Å². The molecule has 2 aliphatic heterocycles. The van der Waals surface area contributed by atoms with Gasteiger partial charge in [0.05, 0.1) is 6.54 Å². The lowest BCUT2D eigenvalue weighted by Gasteiger charge is -2.29. The number of benzene rings is 2. The molecule has 0 bridgehead atoms. The number of aliphatic hydroxyl groups is 1. The largest absolute Gasteiger partial charge is 1.00 e. The molecule has 2 aromatic rings. The molecule has 2 heterocycles. The third kappa shape index (κ3) is 3.25. The maximum atomic E-state index is 11.7. The predicted molar refractivity (Wildman–Crippen MR) is 97.5 cm³/mol. The second-order valence-electron chi connectivity index (χ2n) is 7.00. The molecule has 0 fully saturated rings. The summed E-state index contributed by atoms with van der Waals surface area (Å²) in [6.45, 7) is 3.77. The Kier molecular flexibility index (Phi) is 5.30. The highest BCUT2D eigenvalue weighted by molar-refractivity contribution is 5.97. The topological polar surface area (TPSA) is 26.5 Å². The zero-order chi connectivity index (χ0) is 16.6. The highest BCUT2D eigenvalue weighted by Crippen LogP contribution is 2.37. The van der Waals surface area contributed by atoms with Crippen LogP contribution in [0.1, 0.15) is 36.8 Å². The Morgan fingerprint density at radius 2 is 1.68 bits per heavy atom. The minimum atomic E-state index is -0.997. The molecule has 1 atom stereocenters. The van der Waals surface area contributed by atoms with Crippen LogP contribution in [-0.2, 0) is 5.72 Å². The van der Waals surface area contributed by atoms with Gasteiger partial charge in [-0.05, 0) is 38.3 Å². The normalized spacial score (nSPS) is 23.0. The van der Waals surface area contributed by atoms with Crippen LogP contribution in [0, 0.1) is 6.92 Å². The molecule has 2 aromatic carbocycles. The average molecular weight is 401 g/mol. The van der Waals surface area contributed by atoms with Gasteiger partial charge in [0.15, 0.2) is 6.54 Å². The standard InChI is InChI=1S/C21H25N2O.BrH/c1-17-11-13-19(14-12-17)23-20-10-6-3-7-15-22(20)16-21(23,24)18-8-4-2-5-9-18;/h2,4-5,8-9,11-14,24H,3,6-7,10,15-16H2,1H3;1H/q+1;/p-1. The van der Waals surface area contributed by atoms with Crippen molar-refractivity contribution in [2.75, 3.05) is 18.0 Å². The molecule has 0 aromatic heterocycles. The molecule has 132 valence electrons. The van der Waals surface area contributed by atoms with E-state index in [9.17, 15) is 5.11 Å². The number of anilines is 1. The SMILES string of the molecule is Cc1ccc(N2C3=[N+](CCCCC3)CC2(O)c2ccccc2)cc1.[Br-]. The van der Waals surface area contributed by atoms with Crippen molar-refractivity contribution >= 4 is 11.5 Å². The van der Waals surface area contributed by atoms with Crippen LogP contribution in [0.2, 0.25) is 0 Å². The molecule has 0 aliphatic carbocycles. The van der Waals surface area contributed by atoms with Crippen molar-refractivity contribution in [2.45, 2.75) is 38.3 Å². The predicted octanol–water partition coefficient (Wildman–Crippen LogP) is 0.649. The van der Waals surface area contributed by atoms with E-state index < -0.39 is 5.72 Å². The molecule has 3 nitrogen and oxygen atoms in total. The molecule has 1 unspecified atom stereocenters. The molecule has 0 spiro atoms. The van der Waals surface area contributed by atoms with E-state index in [0.717, 1.165) is 24.2 Å². The number of amidine groups is 1. The van der Waals surface area contributed by atoms with Crippen LogP contribution in [0.15, 0.2) is 54.6 Å². The summed E-state index contributed by atoms with van der Waals surface area (Å²) in [6.07, 6.45) is 4.70. The summed E-state index contributed by atoms with van der Waals surface area (Å²) < 4.78 is 2.39. The van der Waals surface area contributed by atoms with Crippen LogP contribution < -0.4 is 21.9 Å². The Morgan fingerprint density at radius 3 is 2.40 bits per heavy atom. The van der Waals surface area contributed by atoms with Crippen molar-refractivity contribution in [2.24, 2.45) is 0 Å². The lowest BCUT2D eigenvalue weighted by molar-refractivity contribution is -0.534. The Morgan fingerprint density at radius 1 is 0.960 bits per heavy atom. The van der Waals surface area contributed by atoms with E-state index in [-0.39, 0.29) is 17.0 Å². The van der Waals surface area contributed by atoms with Gasteiger partial charge in [-0.1, -0.05) is 48.0 Å². The molecule has 0 saturated heterocycles. The quantitative estimate of drug-likeness (QED) is 0.749. The van der Waals surface area contributed by atoms with Crippen LogP contribution in [-0.4, -0.2) is 28.6 Å². The smallest absolute Gasteiger partial charge is 0.275 e. The van der Waals surface area contributed by atoms with Gasteiger partial charge < -0.3 is 22.1 Å². The van der Waals surface area contributed by atoms with Crippen molar-refractivity contribution < 1.29 is 26.7 Å².